The van der Waals surface area contributed by atoms with E-state index in [1.54, 1.807) is 25.4 Å². The Balaban J connectivity index is 1.50. The normalized spacial score (nSPS) is 16.0. The van der Waals surface area contributed by atoms with Crippen molar-refractivity contribution in [2.45, 2.75) is 25.6 Å². The number of nitrogens with one attached hydrogen (secondary N) is 1. The van der Waals surface area contributed by atoms with Gasteiger partial charge in [0.25, 0.3) is 0 Å². The van der Waals surface area contributed by atoms with Gasteiger partial charge in [0, 0.05) is 47.6 Å². The Kier molecular flexibility index (Phi) is 6.83. The van der Waals surface area contributed by atoms with Crippen molar-refractivity contribution in [3.05, 3.63) is 58.0 Å². The van der Waals surface area contributed by atoms with Crippen molar-refractivity contribution in [2.75, 3.05) is 20.3 Å². The molecule has 4 heterocycles. The second-order valence-electron chi connectivity index (χ2n) is 8.19. The van der Waals surface area contributed by atoms with Crippen LogP contribution in [0.5, 0.6) is 17.4 Å². The van der Waals surface area contributed by atoms with Gasteiger partial charge in [-0.2, -0.15) is 10.4 Å². The number of rotatable bonds is 7. The third-order valence-electron chi connectivity index (χ3n) is 5.86. The number of aromatic nitrogens is 4. The molecule has 0 aliphatic carbocycles. The van der Waals surface area contributed by atoms with Gasteiger partial charge in [-0.25, -0.2) is 4.98 Å². The molecule has 9 nitrogen and oxygen atoms in total. The van der Waals surface area contributed by atoms with Gasteiger partial charge >= 0.3 is 0 Å². The monoisotopic (exact) mass is 525 g/mol. The molecule has 0 radical (unpaired) electrons. The molecule has 5 rings (SSSR count). The van der Waals surface area contributed by atoms with Gasteiger partial charge in [0.2, 0.25) is 5.88 Å². The summed E-state index contributed by atoms with van der Waals surface area (Å²) in [6.45, 7) is 2.96. The van der Waals surface area contributed by atoms with Gasteiger partial charge in [-0.1, -0.05) is 23.2 Å². The maximum atomic E-state index is 9.70. The van der Waals surface area contributed by atoms with Crippen LogP contribution in [0.4, 0.5) is 0 Å². The highest BCUT2D eigenvalue weighted by molar-refractivity contribution is 6.35. The number of fused-ring (bicyclic) bond motifs is 1. The van der Waals surface area contributed by atoms with Crippen LogP contribution in [-0.4, -0.2) is 46.6 Å². The summed E-state index contributed by atoms with van der Waals surface area (Å²) in [4.78, 5) is 8.39. The van der Waals surface area contributed by atoms with E-state index in [9.17, 15) is 5.26 Å². The average Bonchev–Trinajstić information content (AvgIpc) is 3.53. The van der Waals surface area contributed by atoms with E-state index < -0.39 is 6.10 Å². The molecule has 0 spiro atoms. The number of H-pyrrole nitrogens is 1. The molecule has 0 amide bonds. The maximum Gasteiger partial charge on any atom is 0.232 e. The summed E-state index contributed by atoms with van der Waals surface area (Å²) in [6, 6.07) is 7.48. The number of methoxy groups -OCH3 is 1. The van der Waals surface area contributed by atoms with E-state index in [2.05, 4.69) is 26.2 Å². The van der Waals surface area contributed by atoms with E-state index in [0.29, 0.717) is 57.1 Å². The second kappa shape index (κ2) is 10.2. The van der Waals surface area contributed by atoms with E-state index >= 15 is 0 Å². The summed E-state index contributed by atoms with van der Waals surface area (Å²) in [5, 5.41) is 18.7. The molecule has 2 atom stereocenters. The van der Waals surface area contributed by atoms with Crippen molar-refractivity contribution in [1.82, 2.24) is 20.2 Å². The largest absolute Gasteiger partial charge is 0.493 e. The number of aromatic amines is 1. The third-order valence-corrected chi connectivity index (χ3v) is 6.46. The van der Waals surface area contributed by atoms with Crippen LogP contribution in [0.15, 0.2) is 36.8 Å². The minimum Gasteiger partial charge on any atom is -0.493 e. The molecular weight excluding hydrogens is 505 g/mol. The molecule has 1 aromatic carbocycles. The van der Waals surface area contributed by atoms with Crippen molar-refractivity contribution in [2.24, 2.45) is 0 Å². The molecule has 1 fully saturated rings. The van der Waals surface area contributed by atoms with Gasteiger partial charge in [-0.3, -0.25) is 10.1 Å². The average molecular weight is 526 g/mol. The fourth-order valence-corrected chi connectivity index (χ4v) is 4.75. The first kappa shape index (κ1) is 24.1. The van der Waals surface area contributed by atoms with Gasteiger partial charge in [0.15, 0.2) is 11.5 Å². The summed E-state index contributed by atoms with van der Waals surface area (Å²) >= 11 is 12.6. The van der Waals surface area contributed by atoms with Gasteiger partial charge in [0.1, 0.15) is 29.5 Å². The van der Waals surface area contributed by atoms with Crippen LogP contribution in [0, 0.1) is 11.3 Å². The fraction of sp³-hybridized carbons (Fsp3) is 0.280. The minimum absolute atomic E-state index is 0.113. The number of hydrogen-bond donors (Lipinski definition) is 1. The van der Waals surface area contributed by atoms with Gasteiger partial charge in [0.05, 0.1) is 35.9 Å². The van der Waals surface area contributed by atoms with Crippen LogP contribution < -0.4 is 14.2 Å². The number of hydrogen-bond acceptors (Lipinski definition) is 8. The summed E-state index contributed by atoms with van der Waals surface area (Å²) in [5.74, 6) is 1.25. The molecule has 1 aliphatic rings. The minimum atomic E-state index is -0.488. The zero-order chi connectivity index (χ0) is 25.2. The first-order valence-corrected chi connectivity index (χ1v) is 11.9. The SMILES string of the molecule is COc1cc2[nH]nc(-c3cnc(O[C@@H]4CCOC4)c(C#N)c3)c2cc1O[C@H](C)c1c(Cl)cncc1Cl. The van der Waals surface area contributed by atoms with Crippen molar-refractivity contribution in [3.8, 4) is 34.7 Å². The lowest BCUT2D eigenvalue weighted by atomic mass is 10.1. The number of halogens is 2. The van der Waals surface area contributed by atoms with Crippen LogP contribution >= 0.6 is 23.2 Å². The summed E-state index contributed by atoms with van der Waals surface area (Å²) in [5.41, 5.74) is 2.91. The summed E-state index contributed by atoms with van der Waals surface area (Å²) in [6.07, 6.45) is 4.83. The lowest BCUT2D eigenvalue weighted by Gasteiger charge is -2.19. The Morgan fingerprint density at radius 2 is 1.97 bits per heavy atom. The summed E-state index contributed by atoms with van der Waals surface area (Å²) < 4.78 is 23.0. The van der Waals surface area contributed by atoms with E-state index in [4.69, 9.17) is 42.1 Å². The Hall–Kier alpha value is -3.58. The van der Waals surface area contributed by atoms with Crippen molar-refractivity contribution < 1.29 is 18.9 Å². The number of ether oxygens (including phenoxy) is 4. The first-order valence-electron chi connectivity index (χ1n) is 11.1. The second-order valence-corrected chi connectivity index (χ2v) is 9.00. The van der Waals surface area contributed by atoms with Crippen LogP contribution in [0.2, 0.25) is 10.0 Å². The Labute approximate surface area is 216 Å². The molecule has 0 unspecified atom stereocenters. The predicted octanol–water partition coefficient (Wildman–Crippen LogP) is 5.51. The van der Waals surface area contributed by atoms with Gasteiger partial charge < -0.3 is 18.9 Å². The molecule has 1 saturated heterocycles. The lowest BCUT2D eigenvalue weighted by Crippen LogP contribution is -2.17. The standard InChI is InChI=1S/C25H21Cl2N5O4/c1-13(23-18(26)10-29-11-19(23)27)35-22-6-17-20(7-21(22)33-2)31-32-24(17)15-5-14(8-28)25(30-9-15)36-16-3-4-34-12-16/h5-7,9-11,13,16H,3-4,12H2,1-2H3,(H,31,32)/t13-,16-/m1/s1. The molecule has 36 heavy (non-hydrogen) atoms. The highest BCUT2D eigenvalue weighted by Gasteiger charge is 2.22. The van der Waals surface area contributed by atoms with Crippen LogP contribution in [-0.2, 0) is 4.74 Å². The molecule has 1 N–H and O–H groups in total. The van der Waals surface area contributed by atoms with E-state index in [1.807, 2.05) is 13.0 Å². The molecule has 1 aliphatic heterocycles. The molecule has 3 aromatic heterocycles. The predicted molar refractivity (Wildman–Crippen MR) is 134 cm³/mol. The van der Waals surface area contributed by atoms with Crippen molar-refractivity contribution in [1.29, 1.82) is 5.26 Å². The van der Waals surface area contributed by atoms with Crippen LogP contribution in [0.25, 0.3) is 22.2 Å². The Bertz CT molecular complexity index is 1440. The smallest absolute Gasteiger partial charge is 0.232 e. The van der Waals surface area contributed by atoms with Crippen molar-refractivity contribution in [3.63, 3.8) is 0 Å². The summed E-state index contributed by atoms with van der Waals surface area (Å²) in [7, 11) is 1.56. The fourth-order valence-electron chi connectivity index (χ4n) is 4.07. The molecule has 184 valence electrons. The van der Waals surface area contributed by atoms with E-state index in [1.165, 1.54) is 12.4 Å². The zero-order valence-electron chi connectivity index (χ0n) is 19.4. The number of nitriles is 1. The van der Waals surface area contributed by atoms with Gasteiger partial charge in [-0.05, 0) is 19.1 Å². The first-order chi connectivity index (χ1) is 17.5. The Morgan fingerprint density at radius 3 is 2.67 bits per heavy atom. The number of nitrogens with zero attached hydrogens (tertiary/aromatic N) is 4. The number of benzene rings is 1. The van der Waals surface area contributed by atoms with E-state index in [-0.39, 0.29) is 12.0 Å². The lowest BCUT2D eigenvalue weighted by molar-refractivity contribution is 0.138. The van der Waals surface area contributed by atoms with Crippen LogP contribution in [0.1, 0.15) is 30.6 Å². The topological polar surface area (TPSA) is 115 Å². The molecular formula is C25H21Cl2N5O4. The van der Waals surface area contributed by atoms with Gasteiger partial charge in [-0.15, -0.1) is 0 Å². The highest BCUT2D eigenvalue weighted by atomic mass is 35.5. The van der Waals surface area contributed by atoms with Crippen molar-refractivity contribution >= 4 is 34.1 Å². The molecule has 0 bridgehead atoms. The Morgan fingerprint density at radius 1 is 1.17 bits per heavy atom. The molecule has 4 aromatic rings. The molecule has 0 saturated carbocycles. The maximum absolute atomic E-state index is 9.70. The number of pyridine rings is 2. The van der Waals surface area contributed by atoms with E-state index in [0.717, 1.165) is 17.3 Å². The quantitative estimate of drug-likeness (QED) is 0.335. The highest BCUT2D eigenvalue weighted by Crippen LogP contribution is 2.40. The van der Waals surface area contributed by atoms with Crippen LogP contribution in [0.3, 0.4) is 0 Å². The zero-order valence-corrected chi connectivity index (χ0v) is 20.9. The molecule has 11 heteroatoms. The third kappa shape index (κ3) is 4.63.